The molecule has 2 aromatic carbocycles. The van der Waals surface area contributed by atoms with Gasteiger partial charge in [-0.15, -0.1) is 0 Å². The van der Waals surface area contributed by atoms with Crippen molar-refractivity contribution in [2.75, 3.05) is 34.4 Å². The number of para-hydroxylation sites is 2. The summed E-state index contributed by atoms with van der Waals surface area (Å²) in [7, 11) is 4.65. The van der Waals surface area contributed by atoms with Gasteiger partial charge in [0.1, 0.15) is 11.9 Å². The van der Waals surface area contributed by atoms with E-state index in [2.05, 4.69) is 4.90 Å². The van der Waals surface area contributed by atoms with Crippen molar-refractivity contribution in [1.29, 1.82) is 0 Å². The maximum Gasteiger partial charge on any atom is 0.163 e. The smallest absolute Gasteiger partial charge is 0.163 e. The number of hydrogen-bond donors (Lipinski definition) is 0. The molecule has 0 saturated carbocycles. The second kappa shape index (κ2) is 7.61. The Kier molecular flexibility index (Phi) is 5.28. The van der Waals surface area contributed by atoms with Gasteiger partial charge < -0.3 is 18.9 Å². The molecular formula is C19H22FNO4. The number of methoxy groups -OCH3 is 3. The summed E-state index contributed by atoms with van der Waals surface area (Å²) in [5, 5.41) is 0. The van der Waals surface area contributed by atoms with Gasteiger partial charge in [0.25, 0.3) is 0 Å². The largest absolute Gasteiger partial charge is 0.493 e. The first-order valence-electron chi connectivity index (χ1n) is 8.07. The predicted octanol–water partition coefficient (Wildman–Crippen LogP) is 3.11. The average Bonchev–Trinajstić information content (AvgIpc) is 2.61. The van der Waals surface area contributed by atoms with Crippen molar-refractivity contribution in [2.45, 2.75) is 12.6 Å². The lowest BCUT2D eigenvalue weighted by molar-refractivity contribution is 0.0124. The molecule has 6 heteroatoms. The standard InChI is InChI=1S/C19H22FNO4/c1-22-16-6-4-5-7-17(16)25-14-11-21(12-14)10-13-8-18(23-2)19(24-3)9-15(13)20/h4-9,14H,10-12H2,1-3H3. The highest BCUT2D eigenvalue weighted by Crippen LogP contribution is 2.32. The van der Waals surface area contributed by atoms with Crippen LogP contribution in [0, 0.1) is 5.82 Å². The van der Waals surface area contributed by atoms with Crippen molar-refractivity contribution in [1.82, 2.24) is 4.90 Å². The molecule has 1 heterocycles. The number of hydrogen-bond acceptors (Lipinski definition) is 5. The molecule has 1 fully saturated rings. The van der Waals surface area contributed by atoms with Crippen LogP contribution in [0.25, 0.3) is 0 Å². The summed E-state index contributed by atoms with van der Waals surface area (Å²) < 4.78 is 35.8. The van der Waals surface area contributed by atoms with Crippen molar-refractivity contribution < 1.29 is 23.3 Å². The fraction of sp³-hybridized carbons (Fsp3) is 0.368. The van der Waals surface area contributed by atoms with E-state index in [1.807, 2.05) is 24.3 Å². The minimum Gasteiger partial charge on any atom is -0.493 e. The lowest BCUT2D eigenvalue weighted by Gasteiger charge is -2.39. The molecule has 1 aliphatic rings. The van der Waals surface area contributed by atoms with Gasteiger partial charge in [-0.25, -0.2) is 4.39 Å². The van der Waals surface area contributed by atoms with Crippen LogP contribution >= 0.6 is 0 Å². The normalized spacial score (nSPS) is 14.7. The molecule has 0 atom stereocenters. The molecule has 5 nitrogen and oxygen atoms in total. The zero-order chi connectivity index (χ0) is 17.8. The number of rotatable bonds is 7. The van der Waals surface area contributed by atoms with E-state index >= 15 is 0 Å². The van der Waals surface area contributed by atoms with E-state index in [0.29, 0.717) is 29.4 Å². The minimum atomic E-state index is -0.299. The van der Waals surface area contributed by atoms with Gasteiger partial charge in [-0.2, -0.15) is 0 Å². The van der Waals surface area contributed by atoms with Crippen molar-refractivity contribution in [3.8, 4) is 23.0 Å². The number of halogens is 1. The Balaban J connectivity index is 1.59. The van der Waals surface area contributed by atoms with E-state index in [-0.39, 0.29) is 11.9 Å². The quantitative estimate of drug-likeness (QED) is 0.770. The van der Waals surface area contributed by atoms with Crippen LogP contribution in [0.2, 0.25) is 0 Å². The third-order valence-electron chi connectivity index (χ3n) is 4.23. The fourth-order valence-corrected chi connectivity index (χ4v) is 2.88. The summed E-state index contributed by atoms with van der Waals surface area (Å²) in [5.74, 6) is 2.07. The van der Waals surface area contributed by atoms with Gasteiger partial charge in [-0.1, -0.05) is 12.1 Å². The number of likely N-dealkylation sites (tertiary alicyclic amines) is 1. The Morgan fingerprint density at radius 3 is 2.16 bits per heavy atom. The zero-order valence-electron chi connectivity index (χ0n) is 14.6. The van der Waals surface area contributed by atoms with Gasteiger partial charge in [0.15, 0.2) is 23.0 Å². The van der Waals surface area contributed by atoms with E-state index in [1.54, 1.807) is 20.3 Å². The Morgan fingerprint density at radius 2 is 1.52 bits per heavy atom. The zero-order valence-corrected chi connectivity index (χ0v) is 14.6. The molecular weight excluding hydrogens is 325 g/mol. The van der Waals surface area contributed by atoms with E-state index in [0.717, 1.165) is 18.8 Å². The molecule has 2 aromatic rings. The molecule has 0 amide bonds. The maximum absolute atomic E-state index is 14.2. The average molecular weight is 347 g/mol. The van der Waals surface area contributed by atoms with Crippen LogP contribution in [0.3, 0.4) is 0 Å². The SMILES string of the molecule is COc1cc(F)c(CN2CC(Oc3ccccc3OC)C2)cc1OC. The van der Waals surface area contributed by atoms with Crippen LogP contribution in [0.4, 0.5) is 4.39 Å². The molecule has 0 radical (unpaired) electrons. The summed E-state index contributed by atoms with van der Waals surface area (Å²) in [6, 6.07) is 10.6. The Morgan fingerprint density at radius 1 is 0.920 bits per heavy atom. The van der Waals surface area contributed by atoms with Crippen LogP contribution in [0.5, 0.6) is 23.0 Å². The first-order valence-corrected chi connectivity index (χ1v) is 8.07. The second-order valence-electron chi connectivity index (χ2n) is 5.88. The summed E-state index contributed by atoms with van der Waals surface area (Å²) in [6.45, 7) is 1.95. The second-order valence-corrected chi connectivity index (χ2v) is 5.88. The molecule has 0 unspecified atom stereocenters. The van der Waals surface area contributed by atoms with E-state index in [4.69, 9.17) is 18.9 Å². The predicted molar refractivity (Wildman–Crippen MR) is 92.2 cm³/mol. The van der Waals surface area contributed by atoms with Crippen molar-refractivity contribution in [3.05, 3.63) is 47.8 Å². The summed E-state index contributed by atoms with van der Waals surface area (Å²) >= 11 is 0. The van der Waals surface area contributed by atoms with Gasteiger partial charge in [-0.05, 0) is 18.2 Å². The van der Waals surface area contributed by atoms with E-state index < -0.39 is 0 Å². The third-order valence-corrected chi connectivity index (χ3v) is 4.23. The third kappa shape index (κ3) is 3.79. The Bertz CT molecular complexity index is 731. The monoisotopic (exact) mass is 347 g/mol. The van der Waals surface area contributed by atoms with Crippen molar-refractivity contribution in [2.24, 2.45) is 0 Å². The lowest BCUT2D eigenvalue weighted by atomic mass is 10.1. The maximum atomic E-state index is 14.2. The molecule has 25 heavy (non-hydrogen) atoms. The number of nitrogens with zero attached hydrogens (tertiary/aromatic N) is 1. The number of ether oxygens (including phenoxy) is 4. The van der Waals surface area contributed by atoms with Crippen LogP contribution in [0.1, 0.15) is 5.56 Å². The van der Waals surface area contributed by atoms with Crippen molar-refractivity contribution >= 4 is 0 Å². The molecule has 134 valence electrons. The first kappa shape index (κ1) is 17.4. The topological polar surface area (TPSA) is 40.2 Å². The molecule has 1 saturated heterocycles. The first-order chi connectivity index (χ1) is 12.1. The molecule has 1 aliphatic heterocycles. The van der Waals surface area contributed by atoms with Crippen LogP contribution in [-0.2, 0) is 6.54 Å². The fourth-order valence-electron chi connectivity index (χ4n) is 2.88. The van der Waals surface area contributed by atoms with Gasteiger partial charge in [-0.3, -0.25) is 4.90 Å². The highest BCUT2D eigenvalue weighted by atomic mass is 19.1. The molecule has 0 aliphatic carbocycles. The molecule has 0 aromatic heterocycles. The summed E-state index contributed by atoms with van der Waals surface area (Å²) in [5.41, 5.74) is 0.577. The van der Waals surface area contributed by atoms with E-state index in [9.17, 15) is 4.39 Å². The summed E-state index contributed by atoms with van der Waals surface area (Å²) in [4.78, 5) is 2.12. The molecule has 0 N–H and O–H groups in total. The van der Waals surface area contributed by atoms with Gasteiger partial charge >= 0.3 is 0 Å². The van der Waals surface area contributed by atoms with Gasteiger partial charge in [0, 0.05) is 31.3 Å². The van der Waals surface area contributed by atoms with Gasteiger partial charge in [0.2, 0.25) is 0 Å². The highest BCUT2D eigenvalue weighted by Gasteiger charge is 2.30. The minimum absolute atomic E-state index is 0.0690. The number of benzene rings is 2. The lowest BCUT2D eigenvalue weighted by Crippen LogP contribution is -2.53. The van der Waals surface area contributed by atoms with Crippen LogP contribution in [-0.4, -0.2) is 45.4 Å². The molecule has 3 rings (SSSR count). The van der Waals surface area contributed by atoms with Gasteiger partial charge in [0.05, 0.1) is 21.3 Å². The van der Waals surface area contributed by atoms with Crippen molar-refractivity contribution in [3.63, 3.8) is 0 Å². The molecule has 0 spiro atoms. The van der Waals surface area contributed by atoms with Crippen LogP contribution < -0.4 is 18.9 Å². The Hall–Kier alpha value is -2.47. The summed E-state index contributed by atoms with van der Waals surface area (Å²) in [6.07, 6.45) is 0.0690. The highest BCUT2D eigenvalue weighted by molar-refractivity contribution is 5.44. The Labute approximate surface area is 146 Å². The molecule has 0 bridgehead atoms. The van der Waals surface area contributed by atoms with E-state index in [1.165, 1.54) is 13.2 Å². The van der Waals surface area contributed by atoms with Crippen LogP contribution in [0.15, 0.2) is 36.4 Å².